The third-order valence-electron chi connectivity index (χ3n) is 4.34. The summed E-state index contributed by atoms with van der Waals surface area (Å²) in [5, 5.41) is 7.76. The summed E-state index contributed by atoms with van der Waals surface area (Å²) >= 11 is 3.36. The predicted octanol–water partition coefficient (Wildman–Crippen LogP) is 3.04. The van der Waals surface area contributed by atoms with Crippen LogP contribution in [0.15, 0.2) is 40.4 Å². The number of imide groups is 1. The van der Waals surface area contributed by atoms with Gasteiger partial charge in [-0.2, -0.15) is 0 Å². The number of nitrogens with one attached hydrogen (secondary N) is 3. The van der Waals surface area contributed by atoms with Crippen LogP contribution in [-0.2, 0) is 9.59 Å². The first-order valence-electron chi connectivity index (χ1n) is 9.42. The highest BCUT2D eigenvalue weighted by molar-refractivity contribution is 9.10. The Morgan fingerprint density at radius 3 is 2.57 bits per heavy atom. The number of amides is 4. The van der Waals surface area contributed by atoms with Gasteiger partial charge in [-0.05, 0) is 67.2 Å². The van der Waals surface area contributed by atoms with Gasteiger partial charge in [0.15, 0.2) is 0 Å². The number of carbonyl (C=O) groups is 3. The van der Waals surface area contributed by atoms with E-state index < -0.39 is 11.9 Å². The molecule has 28 heavy (non-hydrogen) atoms. The molecule has 0 unspecified atom stereocenters. The Labute approximate surface area is 174 Å². The molecule has 1 aromatic carbocycles. The number of rotatable bonds is 8. The lowest BCUT2D eigenvalue weighted by Gasteiger charge is -2.16. The highest BCUT2D eigenvalue weighted by Gasteiger charge is 2.14. The summed E-state index contributed by atoms with van der Waals surface area (Å²) in [6, 6.07) is 6.78. The second-order valence-electron chi connectivity index (χ2n) is 6.86. The number of hydrogen-bond acceptors (Lipinski definition) is 4. The molecule has 1 aromatic rings. The zero-order valence-electron chi connectivity index (χ0n) is 16.1. The van der Waals surface area contributed by atoms with Crippen LogP contribution in [0.3, 0.4) is 0 Å². The summed E-state index contributed by atoms with van der Waals surface area (Å²) < 4.78 is 0.782. The molecule has 0 saturated heterocycles. The summed E-state index contributed by atoms with van der Waals surface area (Å²) in [6.45, 7) is 0.488. The van der Waals surface area contributed by atoms with E-state index in [2.05, 4.69) is 38.0 Å². The minimum atomic E-state index is -0.507. The van der Waals surface area contributed by atoms with Crippen molar-refractivity contribution in [3.63, 3.8) is 0 Å². The lowest BCUT2D eigenvalue weighted by Crippen LogP contribution is -2.45. The number of hydrogen-bond donors (Lipinski definition) is 3. The quantitative estimate of drug-likeness (QED) is 0.530. The molecule has 0 bridgehead atoms. The van der Waals surface area contributed by atoms with Gasteiger partial charge in [0.2, 0.25) is 11.8 Å². The van der Waals surface area contributed by atoms with E-state index in [4.69, 9.17) is 0 Å². The van der Waals surface area contributed by atoms with Crippen molar-refractivity contribution in [2.24, 2.45) is 0 Å². The van der Waals surface area contributed by atoms with Crippen molar-refractivity contribution in [1.82, 2.24) is 15.5 Å². The lowest BCUT2D eigenvalue weighted by molar-refractivity contribution is -0.122. The van der Waals surface area contributed by atoms with Crippen LogP contribution in [0.25, 0.3) is 0 Å². The summed E-state index contributed by atoms with van der Waals surface area (Å²) in [4.78, 5) is 37.4. The minimum Gasteiger partial charge on any atom is -0.337 e. The van der Waals surface area contributed by atoms with E-state index in [-0.39, 0.29) is 19.0 Å². The molecule has 0 aromatic heterocycles. The maximum absolute atomic E-state index is 12.1. The van der Waals surface area contributed by atoms with E-state index in [0.717, 1.165) is 23.7 Å². The summed E-state index contributed by atoms with van der Waals surface area (Å²) in [5.41, 5.74) is 2.03. The van der Waals surface area contributed by atoms with Gasteiger partial charge in [-0.25, -0.2) is 4.79 Å². The van der Waals surface area contributed by atoms with Crippen molar-refractivity contribution in [3.05, 3.63) is 40.4 Å². The summed E-state index contributed by atoms with van der Waals surface area (Å²) in [7, 11) is 1.65. The molecule has 0 aliphatic heterocycles. The van der Waals surface area contributed by atoms with Crippen LogP contribution in [0.1, 0.15) is 32.1 Å². The highest BCUT2D eigenvalue weighted by atomic mass is 79.9. The summed E-state index contributed by atoms with van der Waals surface area (Å²) in [6.07, 6.45) is 7.70. The van der Waals surface area contributed by atoms with Crippen LogP contribution in [0.2, 0.25) is 0 Å². The number of urea groups is 1. The first kappa shape index (κ1) is 22.1. The number of para-hydroxylation sites is 1. The molecular weight excluding hydrogens is 424 g/mol. The second kappa shape index (κ2) is 11.6. The zero-order valence-corrected chi connectivity index (χ0v) is 17.7. The summed E-state index contributed by atoms with van der Waals surface area (Å²) in [5.74, 6) is -0.696. The van der Waals surface area contributed by atoms with Gasteiger partial charge in [-0.15, -0.1) is 0 Å². The van der Waals surface area contributed by atoms with Gasteiger partial charge < -0.3 is 10.6 Å². The van der Waals surface area contributed by atoms with Crippen LogP contribution < -0.4 is 16.0 Å². The first-order chi connectivity index (χ1) is 13.4. The second-order valence-corrected chi connectivity index (χ2v) is 7.72. The number of benzene rings is 1. The Balaban J connectivity index is 1.64. The molecule has 0 saturated carbocycles. The van der Waals surface area contributed by atoms with Crippen molar-refractivity contribution in [2.45, 2.75) is 32.1 Å². The van der Waals surface area contributed by atoms with E-state index in [0.29, 0.717) is 12.2 Å². The largest absolute Gasteiger partial charge is 0.337 e. The highest BCUT2D eigenvalue weighted by Crippen LogP contribution is 2.21. The van der Waals surface area contributed by atoms with Crippen LogP contribution in [-0.4, -0.2) is 49.4 Å². The minimum absolute atomic E-state index is 0.0323. The van der Waals surface area contributed by atoms with Gasteiger partial charge >= 0.3 is 6.03 Å². The third kappa shape index (κ3) is 8.22. The molecule has 0 radical (unpaired) electrons. The van der Waals surface area contributed by atoms with Crippen molar-refractivity contribution >= 4 is 39.5 Å². The zero-order chi connectivity index (χ0) is 20.4. The fraction of sp³-hybridized carbons (Fsp3) is 0.450. The number of anilines is 1. The van der Waals surface area contributed by atoms with Crippen molar-refractivity contribution in [1.29, 1.82) is 0 Å². The molecule has 4 amide bonds. The Hall–Kier alpha value is -2.19. The van der Waals surface area contributed by atoms with Crippen molar-refractivity contribution in [3.8, 4) is 0 Å². The smallest absolute Gasteiger partial charge is 0.321 e. The van der Waals surface area contributed by atoms with E-state index in [1.54, 1.807) is 18.0 Å². The standard InChI is InChI=1S/C20H27BrN4O3/c1-25(13-18(26)23-17-10-6-5-9-16(17)21)14-19(27)24-20(28)22-12-11-15-7-3-2-4-8-15/h5-7,9-10H,2-4,8,11-14H2,1H3,(H,23,26)(H2,22,24,27,28). The van der Waals surface area contributed by atoms with Gasteiger partial charge in [0.25, 0.3) is 0 Å². The molecule has 1 aliphatic rings. The number of carbonyl (C=O) groups excluding carboxylic acids is 3. The molecule has 1 aliphatic carbocycles. The Morgan fingerprint density at radius 1 is 1.11 bits per heavy atom. The predicted molar refractivity (Wildman–Crippen MR) is 113 cm³/mol. The Bertz CT molecular complexity index is 736. The van der Waals surface area contributed by atoms with E-state index in [1.807, 2.05) is 18.2 Å². The third-order valence-corrected chi connectivity index (χ3v) is 5.04. The molecule has 3 N–H and O–H groups in total. The monoisotopic (exact) mass is 450 g/mol. The Kier molecular flexibility index (Phi) is 9.16. The maximum atomic E-state index is 12.1. The number of nitrogens with zero attached hydrogens (tertiary/aromatic N) is 1. The van der Waals surface area contributed by atoms with E-state index in [1.165, 1.54) is 18.4 Å². The molecule has 0 heterocycles. The van der Waals surface area contributed by atoms with Crippen LogP contribution in [0, 0.1) is 0 Å². The molecule has 2 rings (SSSR count). The Morgan fingerprint density at radius 2 is 1.86 bits per heavy atom. The van der Waals surface area contributed by atoms with Crippen molar-refractivity contribution in [2.75, 3.05) is 32.0 Å². The van der Waals surface area contributed by atoms with Gasteiger partial charge in [0.05, 0.1) is 18.8 Å². The molecule has 8 heteroatoms. The fourth-order valence-corrected chi connectivity index (χ4v) is 3.36. The molecule has 0 spiro atoms. The van der Waals surface area contributed by atoms with Crippen LogP contribution in [0.4, 0.5) is 10.5 Å². The topological polar surface area (TPSA) is 90.5 Å². The lowest BCUT2D eigenvalue weighted by atomic mass is 9.97. The van der Waals surface area contributed by atoms with E-state index >= 15 is 0 Å². The molecular formula is C20H27BrN4O3. The van der Waals surface area contributed by atoms with Gasteiger partial charge in [-0.3, -0.25) is 19.8 Å². The molecule has 7 nitrogen and oxygen atoms in total. The van der Waals surface area contributed by atoms with Crippen LogP contribution in [0.5, 0.6) is 0 Å². The average molecular weight is 451 g/mol. The van der Waals surface area contributed by atoms with Gasteiger partial charge in [0.1, 0.15) is 0 Å². The van der Waals surface area contributed by atoms with Crippen molar-refractivity contribution < 1.29 is 14.4 Å². The first-order valence-corrected chi connectivity index (χ1v) is 10.2. The molecule has 0 atom stereocenters. The van der Waals surface area contributed by atoms with Gasteiger partial charge in [-0.1, -0.05) is 23.8 Å². The fourth-order valence-electron chi connectivity index (χ4n) is 2.98. The number of likely N-dealkylation sites (N-methyl/N-ethyl adjacent to an activating group) is 1. The maximum Gasteiger partial charge on any atom is 0.321 e. The SMILES string of the molecule is CN(CC(=O)NC(=O)NCCC1=CCCCC1)CC(=O)Nc1ccccc1Br. The number of allylic oxidation sites excluding steroid dienone is 1. The normalized spacial score (nSPS) is 13.6. The van der Waals surface area contributed by atoms with E-state index in [9.17, 15) is 14.4 Å². The van der Waals surface area contributed by atoms with Crippen LogP contribution >= 0.6 is 15.9 Å². The molecule has 152 valence electrons. The number of halogens is 1. The molecule has 0 fully saturated rings. The van der Waals surface area contributed by atoms with Gasteiger partial charge in [0, 0.05) is 11.0 Å². The average Bonchev–Trinajstić information content (AvgIpc) is 2.64.